The number of amides is 2. The quantitative estimate of drug-likeness (QED) is 0.573. The summed E-state index contributed by atoms with van der Waals surface area (Å²) in [5.74, 6) is 0.368. The van der Waals surface area contributed by atoms with Gasteiger partial charge in [0.1, 0.15) is 16.9 Å². The third-order valence-electron chi connectivity index (χ3n) is 4.83. The average molecular weight is 437 g/mol. The summed E-state index contributed by atoms with van der Waals surface area (Å²) in [7, 11) is 0. The highest BCUT2D eigenvalue weighted by Gasteiger charge is 2.34. The lowest BCUT2D eigenvalue weighted by Gasteiger charge is -2.24. The SMILES string of the molecule is CCOc1ccc(N2C(=O)CSC2c2ccc(NC(=O)c3cccc(F)c3)cc2)cc1. The van der Waals surface area contributed by atoms with Gasteiger partial charge in [0.2, 0.25) is 5.91 Å². The van der Waals surface area contributed by atoms with Crippen LogP contribution in [0.2, 0.25) is 0 Å². The van der Waals surface area contributed by atoms with Crippen LogP contribution in [0.5, 0.6) is 5.75 Å². The molecule has 1 saturated heterocycles. The number of thioether (sulfide) groups is 1. The highest BCUT2D eigenvalue weighted by atomic mass is 32.2. The number of rotatable bonds is 6. The Morgan fingerprint density at radius 1 is 1.13 bits per heavy atom. The number of hydrogen-bond donors (Lipinski definition) is 1. The molecular weight excluding hydrogens is 415 g/mol. The molecule has 3 aromatic rings. The van der Waals surface area contributed by atoms with E-state index in [2.05, 4.69) is 5.32 Å². The maximum Gasteiger partial charge on any atom is 0.255 e. The van der Waals surface area contributed by atoms with Crippen LogP contribution in [0, 0.1) is 5.82 Å². The van der Waals surface area contributed by atoms with Crippen molar-refractivity contribution in [1.82, 2.24) is 0 Å². The molecule has 0 radical (unpaired) electrons. The molecule has 3 aromatic carbocycles. The van der Waals surface area contributed by atoms with Crippen molar-refractivity contribution in [1.29, 1.82) is 0 Å². The van der Waals surface area contributed by atoms with E-state index in [1.54, 1.807) is 34.9 Å². The Bertz CT molecular complexity index is 1090. The lowest BCUT2D eigenvalue weighted by Crippen LogP contribution is -2.27. The van der Waals surface area contributed by atoms with Crippen molar-refractivity contribution in [2.24, 2.45) is 0 Å². The maximum absolute atomic E-state index is 13.3. The summed E-state index contributed by atoms with van der Waals surface area (Å²) in [5.41, 5.74) is 2.61. The van der Waals surface area contributed by atoms with Crippen molar-refractivity contribution in [3.8, 4) is 5.75 Å². The van der Waals surface area contributed by atoms with Gasteiger partial charge in [-0.05, 0) is 67.1 Å². The normalized spacial score (nSPS) is 15.7. The molecule has 1 unspecified atom stereocenters. The molecule has 2 amide bonds. The minimum absolute atomic E-state index is 0.0441. The van der Waals surface area contributed by atoms with Gasteiger partial charge in [0.05, 0.1) is 12.4 Å². The Kier molecular flexibility index (Phi) is 6.23. The molecule has 0 saturated carbocycles. The summed E-state index contributed by atoms with van der Waals surface area (Å²) in [5, 5.41) is 2.61. The van der Waals surface area contributed by atoms with Crippen LogP contribution in [-0.2, 0) is 4.79 Å². The molecule has 1 atom stereocenters. The van der Waals surface area contributed by atoms with Crippen LogP contribution >= 0.6 is 11.8 Å². The number of carbonyl (C=O) groups excluding carboxylic acids is 2. The fourth-order valence-electron chi connectivity index (χ4n) is 3.38. The van der Waals surface area contributed by atoms with Crippen LogP contribution in [0.4, 0.5) is 15.8 Å². The van der Waals surface area contributed by atoms with Crippen molar-refractivity contribution < 1.29 is 18.7 Å². The van der Waals surface area contributed by atoms with Gasteiger partial charge in [-0.3, -0.25) is 14.5 Å². The van der Waals surface area contributed by atoms with Crippen LogP contribution in [0.3, 0.4) is 0 Å². The second-order valence-corrected chi connectivity index (χ2v) is 8.01. The van der Waals surface area contributed by atoms with E-state index < -0.39 is 5.82 Å². The first-order chi connectivity index (χ1) is 15.0. The van der Waals surface area contributed by atoms with Crippen LogP contribution in [0.25, 0.3) is 0 Å². The van der Waals surface area contributed by atoms with E-state index in [0.29, 0.717) is 18.0 Å². The molecule has 1 fully saturated rings. The minimum atomic E-state index is -0.458. The molecule has 31 heavy (non-hydrogen) atoms. The van der Waals surface area contributed by atoms with Crippen molar-refractivity contribution in [3.63, 3.8) is 0 Å². The van der Waals surface area contributed by atoms with E-state index in [1.807, 2.05) is 43.3 Å². The van der Waals surface area contributed by atoms with Crippen LogP contribution in [0.1, 0.15) is 28.2 Å². The molecular formula is C24H21FN2O3S. The van der Waals surface area contributed by atoms with Gasteiger partial charge in [0, 0.05) is 16.9 Å². The second-order valence-electron chi connectivity index (χ2n) is 6.94. The van der Waals surface area contributed by atoms with E-state index in [9.17, 15) is 14.0 Å². The summed E-state index contributed by atoms with van der Waals surface area (Å²) in [6.07, 6.45) is 0. The maximum atomic E-state index is 13.3. The summed E-state index contributed by atoms with van der Waals surface area (Å²) in [4.78, 5) is 26.6. The lowest BCUT2D eigenvalue weighted by molar-refractivity contribution is -0.115. The van der Waals surface area contributed by atoms with Crippen LogP contribution in [0.15, 0.2) is 72.8 Å². The van der Waals surface area contributed by atoms with E-state index in [-0.39, 0.29) is 22.8 Å². The highest BCUT2D eigenvalue weighted by molar-refractivity contribution is 8.00. The molecule has 0 aliphatic carbocycles. The fraction of sp³-hybridized carbons (Fsp3) is 0.167. The first-order valence-corrected chi connectivity index (χ1v) is 10.9. The van der Waals surface area contributed by atoms with Gasteiger partial charge < -0.3 is 10.1 Å². The summed E-state index contributed by atoms with van der Waals surface area (Å²) in [6.45, 7) is 2.51. The molecule has 1 aliphatic heterocycles. The Morgan fingerprint density at radius 3 is 2.55 bits per heavy atom. The third kappa shape index (κ3) is 4.72. The molecule has 0 aromatic heterocycles. The Balaban J connectivity index is 1.49. The highest BCUT2D eigenvalue weighted by Crippen LogP contribution is 2.42. The predicted molar refractivity (Wildman–Crippen MR) is 121 cm³/mol. The number of carbonyl (C=O) groups is 2. The molecule has 158 valence electrons. The topological polar surface area (TPSA) is 58.6 Å². The van der Waals surface area contributed by atoms with Crippen LogP contribution in [-0.4, -0.2) is 24.2 Å². The minimum Gasteiger partial charge on any atom is -0.494 e. The molecule has 1 heterocycles. The van der Waals surface area contributed by atoms with E-state index in [4.69, 9.17) is 4.74 Å². The number of nitrogens with one attached hydrogen (secondary N) is 1. The van der Waals surface area contributed by atoms with Gasteiger partial charge in [-0.15, -0.1) is 11.8 Å². The largest absolute Gasteiger partial charge is 0.494 e. The first-order valence-electron chi connectivity index (χ1n) is 9.88. The summed E-state index contributed by atoms with van der Waals surface area (Å²) in [6, 6.07) is 20.4. The van der Waals surface area contributed by atoms with Crippen LogP contribution < -0.4 is 15.0 Å². The van der Waals surface area contributed by atoms with E-state index in [0.717, 1.165) is 17.0 Å². The Hall–Kier alpha value is -3.32. The van der Waals surface area contributed by atoms with Gasteiger partial charge in [-0.25, -0.2) is 4.39 Å². The van der Waals surface area contributed by atoms with Gasteiger partial charge in [0.15, 0.2) is 0 Å². The van der Waals surface area contributed by atoms with Gasteiger partial charge in [-0.2, -0.15) is 0 Å². The monoisotopic (exact) mass is 436 g/mol. The molecule has 0 spiro atoms. The zero-order valence-electron chi connectivity index (χ0n) is 16.9. The van der Waals surface area contributed by atoms with Crippen molar-refractivity contribution in [3.05, 3.63) is 89.7 Å². The summed E-state index contributed by atoms with van der Waals surface area (Å²) >= 11 is 1.56. The zero-order chi connectivity index (χ0) is 21.8. The number of halogens is 1. The predicted octanol–water partition coefficient (Wildman–Crippen LogP) is 5.26. The molecule has 1 aliphatic rings. The average Bonchev–Trinajstić information content (AvgIpc) is 3.16. The lowest BCUT2D eigenvalue weighted by atomic mass is 10.1. The standard InChI is InChI=1S/C24H21FN2O3S/c1-2-30-21-12-10-20(11-13-21)27-22(28)15-31-24(27)16-6-8-19(9-7-16)26-23(29)17-4-3-5-18(25)14-17/h3-14,24H,2,15H2,1H3,(H,26,29). The zero-order valence-corrected chi connectivity index (χ0v) is 17.7. The molecule has 1 N–H and O–H groups in total. The number of benzene rings is 3. The van der Waals surface area contributed by atoms with Crippen molar-refractivity contribution >= 4 is 35.0 Å². The number of anilines is 2. The fourth-order valence-corrected chi connectivity index (χ4v) is 4.56. The van der Waals surface area contributed by atoms with Crippen molar-refractivity contribution in [2.45, 2.75) is 12.3 Å². The smallest absolute Gasteiger partial charge is 0.255 e. The number of ether oxygens (including phenoxy) is 1. The van der Waals surface area contributed by atoms with Gasteiger partial charge >= 0.3 is 0 Å². The molecule has 7 heteroatoms. The Morgan fingerprint density at radius 2 is 1.87 bits per heavy atom. The molecule has 0 bridgehead atoms. The Labute approximate surface area is 184 Å². The van der Waals surface area contributed by atoms with E-state index in [1.165, 1.54) is 18.2 Å². The number of nitrogens with zero attached hydrogens (tertiary/aromatic N) is 1. The molecule has 4 rings (SSSR count). The number of hydrogen-bond acceptors (Lipinski definition) is 4. The van der Waals surface area contributed by atoms with E-state index >= 15 is 0 Å². The second kappa shape index (κ2) is 9.22. The summed E-state index contributed by atoms with van der Waals surface area (Å²) < 4.78 is 18.8. The van der Waals surface area contributed by atoms with Gasteiger partial charge in [0.25, 0.3) is 5.91 Å². The third-order valence-corrected chi connectivity index (χ3v) is 6.05. The van der Waals surface area contributed by atoms with Crippen molar-refractivity contribution in [2.75, 3.05) is 22.6 Å². The first kappa shape index (κ1) is 20.9. The molecule has 5 nitrogen and oxygen atoms in total. The van der Waals surface area contributed by atoms with Gasteiger partial charge in [-0.1, -0.05) is 18.2 Å².